The first-order chi connectivity index (χ1) is 8.60. The Morgan fingerprint density at radius 2 is 2.28 bits per heavy atom. The van der Waals surface area contributed by atoms with E-state index in [0.717, 1.165) is 12.1 Å². The van der Waals surface area contributed by atoms with E-state index in [2.05, 4.69) is 5.10 Å². The van der Waals surface area contributed by atoms with Crippen molar-refractivity contribution in [3.63, 3.8) is 0 Å². The van der Waals surface area contributed by atoms with Crippen LogP contribution in [0.5, 0.6) is 0 Å². The molecule has 0 aliphatic rings. The van der Waals surface area contributed by atoms with Crippen molar-refractivity contribution in [3.05, 3.63) is 35.9 Å². The molecule has 6 heteroatoms. The van der Waals surface area contributed by atoms with Crippen LogP contribution in [0.25, 0.3) is 0 Å². The molecule has 18 heavy (non-hydrogen) atoms. The van der Waals surface area contributed by atoms with Gasteiger partial charge < -0.3 is 15.0 Å². The molecule has 0 unspecified atom stereocenters. The Bertz CT molecular complexity index is 556. The first kappa shape index (κ1) is 12.2. The number of nitrogens with zero attached hydrogens (tertiary/aromatic N) is 3. The highest BCUT2D eigenvalue weighted by atomic mass is 16.5. The van der Waals surface area contributed by atoms with E-state index in [0.29, 0.717) is 11.4 Å². The number of nitrogens with two attached hydrogens (primary N) is 1. The Morgan fingerprint density at radius 1 is 1.50 bits per heavy atom. The Balaban J connectivity index is 1.98. The summed E-state index contributed by atoms with van der Waals surface area (Å²) in [5, 5.41) is 4.11. The second-order valence-electron chi connectivity index (χ2n) is 4.05. The second kappa shape index (κ2) is 4.95. The molecular formula is C12H16N4O2. The summed E-state index contributed by atoms with van der Waals surface area (Å²) < 4.78 is 8.62. The predicted octanol–water partition coefficient (Wildman–Crippen LogP) is 1.18. The lowest BCUT2D eigenvalue weighted by Gasteiger charge is -2.03. The van der Waals surface area contributed by atoms with Gasteiger partial charge in [-0.3, -0.25) is 4.68 Å². The van der Waals surface area contributed by atoms with Crippen LogP contribution in [-0.2, 0) is 24.9 Å². The van der Waals surface area contributed by atoms with Gasteiger partial charge in [0, 0.05) is 31.5 Å². The van der Waals surface area contributed by atoms with Gasteiger partial charge in [0.1, 0.15) is 12.3 Å². The van der Waals surface area contributed by atoms with Gasteiger partial charge in [0.05, 0.1) is 11.9 Å². The summed E-state index contributed by atoms with van der Waals surface area (Å²) >= 11 is 0. The lowest BCUT2D eigenvalue weighted by molar-refractivity contribution is 0.0461. The zero-order valence-corrected chi connectivity index (χ0v) is 10.5. The minimum Gasteiger partial charge on any atom is -0.456 e. The largest absolute Gasteiger partial charge is 0.456 e. The number of nitrogen functional groups attached to an aromatic ring is 1. The molecule has 0 spiro atoms. The zero-order valence-electron chi connectivity index (χ0n) is 10.5. The Morgan fingerprint density at radius 3 is 2.83 bits per heavy atom. The molecule has 0 saturated heterocycles. The molecule has 0 aliphatic heterocycles. The summed E-state index contributed by atoms with van der Waals surface area (Å²) in [6.45, 7) is 3.00. The van der Waals surface area contributed by atoms with E-state index < -0.39 is 5.97 Å². The summed E-state index contributed by atoms with van der Waals surface area (Å²) in [5.74, 6) is -0.390. The average molecular weight is 248 g/mol. The van der Waals surface area contributed by atoms with Crippen molar-refractivity contribution in [3.8, 4) is 0 Å². The number of carbonyl (C=O) groups is 1. The van der Waals surface area contributed by atoms with Crippen molar-refractivity contribution in [1.82, 2.24) is 14.3 Å². The van der Waals surface area contributed by atoms with E-state index in [4.69, 9.17) is 10.5 Å². The number of aromatic nitrogens is 3. The molecule has 2 aromatic rings. The number of anilines is 1. The maximum atomic E-state index is 11.8. The number of rotatable bonds is 4. The van der Waals surface area contributed by atoms with Crippen molar-refractivity contribution >= 4 is 11.7 Å². The predicted molar refractivity (Wildman–Crippen MR) is 66.8 cm³/mol. The molecule has 0 saturated carbocycles. The van der Waals surface area contributed by atoms with Gasteiger partial charge in [-0.05, 0) is 13.0 Å². The summed E-state index contributed by atoms with van der Waals surface area (Å²) in [6, 6.07) is 1.60. The summed E-state index contributed by atoms with van der Waals surface area (Å²) in [5.41, 5.74) is 7.46. The van der Waals surface area contributed by atoms with Gasteiger partial charge in [-0.2, -0.15) is 5.10 Å². The molecule has 2 rings (SSSR count). The number of esters is 1. The Labute approximate surface area is 105 Å². The van der Waals surface area contributed by atoms with Crippen LogP contribution in [0.2, 0.25) is 0 Å². The van der Waals surface area contributed by atoms with Gasteiger partial charge >= 0.3 is 5.97 Å². The highest BCUT2D eigenvalue weighted by Crippen LogP contribution is 2.11. The standard InChI is InChI=1S/C12H16N4O2/c1-3-16-6-9(5-14-16)8-18-12(17)11-4-10(13)7-15(11)2/h4-7H,3,8,13H2,1-2H3. The van der Waals surface area contributed by atoms with Gasteiger partial charge in [0.15, 0.2) is 0 Å². The van der Waals surface area contributed by atoms with Crippen molar-refractivity contribution in [2.75, 3.05) is 5.73 Å². The van der Waals surface area contributed by atoms with Crippen molar-refractivity contribution in [2.45, 2.75) is 20.1 Å². The quantitative estimate of drug-likeness (QED) is 0.824. The summed E-state index contributed by atoms with van der Waals surface area (Å²) in [7, 11) is 1.75. The third-order valence-corrected chi connectivity index (χ3v) is 2.62. The van der Waals surface area contributed by atoms with Crippen LogP contribution in [0.3, 0.4) is 0 Å². The van der Waals surface area contributed by atoms with E-state index in [1.165, 1.54) is 0 Å². The van der Waals surface area contributed by atoms with Gasteiger partial charge in [-0.15, -0.1) is 0 Å². The number of carbonyl (C=O) groups excluding carboxylic acids is 1. The van der Waals surface area contributed by atoms with Gasteiger partial charge in [0.25, 0.3) is 0 Å². The van der Waals surface area contributed by atoms with E-state index in [1.807, 2.05) is 13.1 Å². The summed E-state index contributed by atoms with van der Waals surface area (Å²) in [4.78, 5) is 11.8. The first-order valence-corrected chi connectivity index (χ1v) is 5.70. The molecule has 0 amide bonds. The lowest BCUT2D eigenvalue weighted by atomic mass is 10.4. The molecule has 0 radical (unpaired) electrons. The van der Waals surface area contributed by atoms with Crippen LogP contribution >= 0.6 is 0 Å². The smallest absolute Gasteiger partial charge is 0.355 e. The van der Waals surface area contributed by atoms with Crippen LogP contribution < -0.4 is 5.73 Å². The fraction of sp³-hybridized carbons (Fsp3) is 0.333. The van der Waals surface area contributed by atoms with E-state index in [-0.39, 0.29) is 6.61 Å². The number of aryl methyl sites for hydroxylation is 2. The second-order valence-corrected chi connectivity index (χ2v) is 4.05. The SMILES string of the molecule is CCn1cc(COC(=O)c2cc(N)cn2C)cn1. The zero-order chi connectivity index (χ0) is 13.1. The third kappa shape index (κ3) is 2.53. The molecule has 2 aromatic heterocycles. The minimum atomic E-state index is -0.390. The highest BCUT2D eigenvalue weighted by molar-refractivity contribution is 5.89. The monoisotopic (exact) mass is 248 g/mol. The fourth-order valence-corrected chi connectivity index (χ4v) is 1.67. The maximum absolute atomic E-state index is 11.8. The van der Waals surface area contributed by atoms with Gasteiger partial charge in [0.2, 0.25) is 0 Å². The van der Waals surface area contributed by atoms with Crippen LogP contribution in [0.15, 0.2) is 24.7 Å². The number of ether oxygens (including phenoxy) is 1. The third-order valence-electron chi connectivity index (χ3n) is 2.62. The highest BCUT2D eigenvalue weighted by Gasteiger charge is 2.12. The first-order valence-electron chi connectivity index (χ1n) is 5.70. The van der Waals surface area contributed by atoms with E-state index >= 15 is 0 Å². The van der Waals surface area contributed by atoms with Crippen molar-refractivity contribution < 1.29 is 9.53 Å². The molecule has 2 heterocycles. The van der Waals surface area contributed by atoms with Crippen molar-refractivity contribution in [2.24, 2.45) is 7.05 Å². The molecule has 96 valence electrons. The Kier molecular flexibility index (Phi) is 3.36. The molecule has 0 aliphatic carbocycles. The molecule has 2 N–H and O–H groups in total. The normalized spacial score (nSPS) is 10.6. The van der Waals surface area contributed by atoms with Crippen LogP contribution in [-0.4, -0.2) is 20.3 Å². The van der Waals surface area contributed by atoms with E-state index in [1.54, 1.807) is 34.8 Å². The molecule has 0 aromatic carbocycles. The molecule has 6 nitrogen and oxygen atoms in total. The van der Waals surface area contributed by atoms with Crippen LogP contribution in [0, 0.1) is 0 Å². The Hall–Kier alpha value is -2.24. The van der Waals surface area contributed by atoms with Gasteiger partial charge in [-0.1, -0.05) is 0 Å². The topological polar surface area (TPSA) is 75.1 Å². The maximum Gasteiger partial charge on any atom is 0.355 e. The molecular weight excluding hydrogens is 232 g/mol. The summed E-state index contributed by atoms with van der Waals surface area (Å²) in [6.07, 6.45) is 5.22. The average Bonchev–Trinajstić information content (AvgIpc) is 2.92. The van der Waals surface area contributed by atoms with Crippen molar-refractivity contribution in [1.29, 1.82) is 0 Å². The minimum absolute atomic E-state index is 0.212. The van der Waals surface area contributed by atoms with Gasteiger partial charge in [-0.25, -0.2) is 4.79 Å². The molecule has 0 atom stereocenters. The van der Waals surface area contributed by atoms with Crippen LogP contribution in [0.4, 0.5) is 5.69 Å². The van der Waals surface area contributed by atoms with Crippen LogP contribution in [0.1, 0.15) is 23.0 Å². The fourth-order valence-electron chi connectivity index (χ4n) is 1.67. The van der Waals surface area contributed by atoms with E-state index in [9.17, 15) is 4.79 Å². The molecule has 0 bridgehead atoms. The lowest BCUT2D eigenvalue weighted by Crippen LogP contribution is -2.09. The number of hydrogen-bond acceptors (Lipinski definition) is 4. The molecule has 0 fully saturated rings. The number of hydrogen-bond donors (Lipinski definition) is 1.